The summed E-state index contributed by atoms with van der Waals surface area (Å²) in [6, 6.07) is 14.6. The Kier molecular flexibility index (Phi) is 12.5. The lowest BCUT2D eigenvalue weighted by molar-refractivity contribution is 0.357. The molecular formula is C30H43N3O. The van der Waals surface area contributed by atoms with Crippen LogP contribution in [-0.4, -0.2) is 18.1 Å². The van der Waals surface area contributed by atoms with Gasteiger partial charge in [0.25, 0.3) is 0 Å². The Morgan fingerprint density at radius 3 is 2.18 bits per heavy atom. The first kappa shape index (κ1) is 27.1. The molecule has 0 atom stereocenters. The second-order valence-corrected chi connectivity index (χ2v) is 8.92. The van der Waals surface area contributed by atoms with Crippen LogP contribution in [-0.2, 0) is 6.42 Å². The quantitative estimate of drug-likeness (QED) is 0.469. The summed E-state index contributed by atoms with van der Waals surface area (Å²) < 4.78 is 5.35. The number of allylic oxidation sites excluding steroid dienone is 1. The van der Waals surface area contributed by atoms with E-state index in [-0.39, 0.29) is 0 Å². The number of nitrogens with two attached hydrogens (primary N) is 1. The molecule has 4 heteroatoms. The Morgan fingerprint density at radius 1 is 0.971 bits per heavy atom. The molecule has 0 radical (unpaired) electrons. The number of nitrogens with one attached hydrogen (secondary N) is 1. The number of anilines is 1. The largest absolute Gasteiger partial charge is 0.493 e. The van der Waals surface area contributed by atoms with Crippen molar-refractivity contribution in [2.75, 3.05) is 18.5 Å². The third-order valence-corrected chi connectivity index (χ3v) is 5.71. The third kappa shape index (κ3) is 10.7. The van der Waals surface area contributed by atoms with Crippen molar-refractivity contribution in [3.63, 3.8) is 0 Å². The van der Waals surface area contributed by atoms with Gasteiger partial charge in [-0.1, -0.05) is 86.6 Å². The van der Waals surface area contributed by atoms with Crippen molar-refractivity contribution in [2.45, 2.75) is 65.7 Å². The maximum Gasteiger partial charge on any atom is 0.122 e. The van der Waals surface area contributed by atoms with Gasteiger partial charge in [-0.05, 0) is 50.7 Å². The summed E-state index contributed by atoms with van der Waals surface area (Å²) in [4.78, 5) is 1.96. The topological polar surface area (TPSA) is 50.5 Å². The van der Waals surface area contributed by atoms with Crippen LogP contribution in [0, 0.1) is 13.8 Å². The maximum absolute atomic E-state index is 5.40. The van der Waals surface area contributed by atoms with Gasteiger partial charge in [0.1, 0.15) is 5.75 Å². The lowest BCUT2D eigenvalue weighted by atomic mass is 10.0. The van der Waals surface area contributed by atoms with Crippen LogP contribution >= 0.6 is 0 Å². The highest BCUT2D eigenvalue weighted by atomic mass is 16.5. The van der Waals surface area contributed by atoms with E-state index in [0.29, 0.717) is 6.54 Å². The van der Waals surface area contributed by atoms with Crippen molar-refractivity contribution < 1.29 is 4.74 Å². The van der Waals surface area contributed by atoms with Gasteiger partial charge in [-0.25, -0.2) is 0 Å². The fourth-order valence-corrected chi connectivity index (χ4v) is 3.93. The van der Waals surface area contributed by atoms with E-state index >= 15 is 0 Å². The molecule has 0 unspecified atom stereocenters. The van der Waals surface area contributed by atoms with E-state index in [4.69, 9.17) is 10.5 Å². The molecule has 1 fully saturated rings. The number of rotatable bonds is 6. The molecular weight excluding hydrogens is 418 g/mol. The van der Waals surface area contributed by atoms with Gasteiger partial charge < -0.3 is 20.7 Å². The lowest BCUT2D eigenvalue weighted by Gasteiger charge is -2.18. The van der Waals surface area contributed by atoms with E-state index in [9.17, 15) is 0 Å². The molecule has 0 bridgehead atoms. The second kappa shape index (κ2) is 15.7. The summed E-state index contributed by atoms with van der Waals surface area (Å²) >= 11 is 0. The van der Waals surface area contributed by atoms with E-state index in [2.05, 4.69) is 56.1 Å². The van der Waals surface area contributed by atoms with Crippen LogP contribution in [0.2, 0.25) is 0 Å². The van der Waals surface area contributed by atoms with Gasteiger partial charge in [-0.15, -0.1) is 0 Å². The normalized spacial score (nSPS) is 14.3. The number of benzene rings is 2. The van der Waals surface area contributed by atoms with Crippen LogP contribution in [0.15, 0.2) is 79.4 Å². The highest BCUT2D eigenvalue weighted by Crippen LogP contribution is 2.25. The lowest BCUT2D eigenvalue weighted by Crippen LogP contribution is -2.17. The number of aryl methyl sites for hydroxylation is 2. The molecule has 34 heavy (non-hydrogen) atoms. The van der Waals surface area contributed by atoms with Gasteiger partial charge in [0.2, 0.25) is 0 Å². The zero-order chi connectivity index (χ0) is 24.6. The maximum atomic E-state index is 5.40. The molecule has 1 aliphatic heterocycles. The van der Waals surface area contributed by atoms with Crippen molar-refractivity contribution in [3.8, 4) is 5.75 Å². The standard InChI is InChI=1S/C15H21N3.C9H10O.C6H12/c1-4-10-18(11-9-16)12-14(3)17-15-7-5-13(2)6-8-15;1-7-2-3-9-8(6-7)4-5-10-9;1-2-4-6-5-3-1/h4-11,17H,3,12,16H2,1-2H3;2-3,6H,4-5H2,1H3;1-6H2/b10-4-,11-9-;;. The van der Waals surface area contributed by atoms with Crippen molar-refractivity contribution in [1.29, 1.82) is 0 Å². The number of ether oxygens (including phenoxy) is 1. The highest BCUT2D eigenvalue weighted by Gasteiger charge is 2.10. The van der Waals surface area contributed by atoms with Gasteiger partial charge in [0.05, 0.1) is 13.2 Å². The summed E-state index contributed by atoms with van der Waals surface area (Å²) in [5, 5.41) is 3.27. The van der Waals surface area contributed by atoms with Crippen molar-refractivity contribution >= 4 is 5.69 Å². The van der Waals surface area contributed by atoms with Gasteiger partial charge in [0, 0.05) is 30.2 Å². The van der Waals surface area contributed by atoms with Crippen molar-refractivity contribution in [3.05, 3.63) is 96.1 Å². The molecule has 0 amide bonds. The fourth-order valence-electron chi connectivity index (χ4n) is 3.93. The molecule has 0 saturated heterocycles. The van der Waals surface area contributed by atoms with Gasteiger partial charge in [-0.3, -0.25) is 0 Å². The average Bonchev–Trinajstić information content (AvgIpc) is 3.31. The Bertz CT molecular complexity index is 888. The average molecular weight is 462 g/mol. The molecule has 0 spiro atoms. The molecule has 2 aliphatic rings. The van der Waals surface area contributed by atoms with E-state index in [1.807, 2.05) is 42.4 Å². The van der Waals surface area contributed by atoms with E-state index < -0.39 is 0 Å². The molecule has 3 N–H and O–H groups in total. The number of nitrogens with zero attached hydrogens (tertiary/aromatic N) is 1. The molecule has 4 nitrogen and oxygen atoms in total. The summed E-state index contributed by atoms with van der Waals surface area (Å²) in [5.41, 5.74) is 11.3. The molecule has 184 valence electrons. The smallest absolute Gasteiger partial charge is 0.122 e. The van der Waals surface area contributed by atoms with Crippen LogP contribution in [0.5, 0.6) is 5.75 Å². The van der Waals surface area contributed by atoms with Crippen LogP contribution in [0.25, 0.3) is 0 Å². The first-order valence-electron chi connectivity index (χ1n) is 12.5. The van der Waals surface area contributed by atoms with Gasteiger partial charge >= 0.3 is 0 Å². The Labute approximate surface area is 207 Å². The minimum Gasteiger partial charge on any atom is -0.493 e. The monoisotopic (exact) mass is 461 g/mol. The minimum absolute atomic E-state index is 0.673. The van der Waals surface area contributed by atoms with Crippen LogP contribution < -0.4 is 15.8 Å². The SMILES string of the molecule is C1CCCCC1.C=C(CN(/C=C\C)/C=C\N)Nc1ccc(C)cc1.Cc1ccc2c(c1)CCO2. The van der Waals surface area contributed by atoms with Crippen LogP contribution in [0.4, 0.5) is 5.69 Å². The molecule has 0 aromatic heterocycles. The molecule has 1 aliphatic carbocycles. The third-order valence-electron chi connectivity index (χ3n) is 5.71. The number of fused-ring (bicyclic) bond motifs is 1. The van der Waals surface area contributed by atoms with Crippen molar-refractivity contribution in [2.24, 2.45) is 5.73 Å². The molecule has 2 aromatic rings. The van der Waals surface area contributed by atoms with E-state index in [0.717, 1.165) is 30.2 Å². The second-order valence-electron chi connectivity index (χ2n) is 8.92. The minimum atomic E-state index is 0.673. The summed E-state index contributed by atoms with van der Waals surface area (Å²) in [6.07, 6.45) is 17.3. The summed E-state index contributed by atoms with van der Waals surface area (Å²) in [5.74, 6) is 1.07. The Hall–Kier alpha value is -3.14. The zero-order valence-electron chi connectivity index (χ0n) is 21.4. The molecule has 4 rings (SSSR count). The van der Waals surface area contributed by atoms with Gasteiger partial charge in [0.15, 0.2) is 0 Å². The van der Waals surface area contributed by atoms with Crippen LogP contribution in [0.1, 0.15) is 62.1 Å². The van der Waals surface area contributed by atoms with E-state index in [1.54, 1.807) is 0 Å². The predicted molar refractivity (Wildman–Crippen MR) is 147 cm³/mol. The first-order chi connectivity index (χ1) is 16.5. The van der Waals surface area contributed by atoms with Gasteiger partial charge in [-0.2, -0.15) is 0 Å². The molecule has 2 aromatic carbocycles. The number of hydrogen-bond donors (Lipinski definition) is 2. The van der Waals surface area contributed by atoms with Crippen LogP contribution in [0.3, 0.4) is 0 Å². The highest BCUT2D eigenvalue weighted by molar-refractivity contribution is 5.49. The molecule has 1 heterocycles. The Balaban J connectivity index is 0.000000210. The number of hydrogen-bond acceptors (Lipinski definition) is 4. The van der Waals surface area contributed by atoms with Crippen molar-refractivity contribution in [1.82, 2.24) is 4.90 Å². The summed E-state index contributed by atoms with van der Waals surface area (Å²) in [6.45, 7) is 11.7. The fraction of sp³-hybridized carbons (Fsp3) is 0.400. The first-order valence-corrected chi connectivity index (χ1v) is 12.5. The molecule has 1 saturated carbocycles. The summed E-state index contributed by atoms with van der Waals surface area (Å²) in [7, 11) is 0. The zero-order valence-corrected chi connectivity index (χ0v) is 21.4. The van der Waals surface area contributed by atoms with E-state index in [1.165, 1.54) is 61.4 Å². The predicted octanol–water partition coefficient (Wildman–Crippen LogP) is 7.46. The Morgan fingerprint density at radius 2 is 1.59 bits per heavy atom.